The first kappa shape index (κ1) is 46.8. The largest absolute Gasteiger partial charge is 0.480 e. The second kappa shape index (κ2) is 21.7. The SMILES string of the molecule is CC.CCF.CN(CCCN(CC(=O)O)S(=O)(=O)c1cccc2c(N(C)C)cccc12)CCCN(CC(=O)O)S(=O)(=O)c1cccc2c(N(C)C)cccc12. The fourth-order valence-electron chi connectivity index (χ4n) is 6.05. The van der Waals surface area contributed by atoms with Crippen molar-refractivity contribution in [3.05, 3.63) is 72.8 Å². The Labute approximate surface area is 325 Å². The lowest BCUT2D eigenvalue weighted by Crippen LogP contribution is -2.39. The Balaban J connectivity index is 0.00000199. The van der Waals surface area contributed by atoms with Crippen molar-refractivity contribution in [1.29, 1.82) is 0 Å². The van der Waals surface area contributed by atoms with Crippen LogP contribution in [0, 0.1) is 0 Å². The van der Waals surface area contributed by atoms with Crippen molar-refractivity contribution in [2.45, 2.75) is 43.4 Å². The van der Waals surface area contributed by atoms with Crippen LogP contribution < -0.4 is 9.80 Å². The molecule has 4 aromatic carbocycles. The number of fused-ring (bicyclic) bond motifs is 2. The maximum Gasteiger partial charge on any atom is 0.318 e. The summed E-state index contributed by atoms with van der Waals surface area (Å²) in [7, 11) is 0.850. The van der Waals surface area contributed by atoms with Gasteiger partial charge in [0.15, 0.2) is 0 Å². The molecule has 16 heteroatoms. The number of carbonyl (C=O) groups is 2. The van der Waals surface area contributed by atoms with E-state index in [-0.39, 0.29) is 29.6 Å². The van der Waals surface area contributed by atoms with Crippen LogP contribution in [0.1, 0.15) is 33.6 Å². The molecule has 2 N–H and O–H groups in total. The van der Waals surface area contributed by atoms with Crippen molar-refractivity contribution >= 4 is 64.9 Å². The molecule has 0 aliphatic carbocycles. The highest BCUT2D eigenvalue weighted by molar-refractivity contribution is 7.89. The van der Waals surface area contributed by atoms with E-state index in [2.05, 4.69) is 0 Å². The number of carboxylic acids is 2. The van der Waals surface area contributed by atoms with Crippen molar-refractivity contribution in [2.75, 3.05) is 91.0 Å². The molecule has 0 saturated carbocycles. The van der Waals surface area contributed by atoms with Crippen LogP contribution in [-0.4, -0.2) is 134 Å². The molecule has 0 amide bonds. The van der Waals surface area contributed by atoms with E-state index in [1.807, 2.05) is 81.0 Å². The molecule has 13 nitrogen and oxygen atoms in total. The van der Waals surface area contributed by atoms with Gasteiger partial charge in [-0.2, -0.15) is 8.61 Å². The standard InChI is InChI=1S/C35H45N5O8S2.C2H5F.C2H6/c1-36(2)30-16-6-14-28-26(30)12-8-18-32(28)49(45,46)39(24-34(41)42)22-10-20-38(5)21-11-23-40(25-35(43)44)50(47,48)33-19-9-13-27-29(33)15-7-17-31(27)37(3)4;1-2-3;1-2/h6-9,12-19H,10-11,20-25H2,1-5H3,(H,41,42)(H,43,44);2H2,1H3;1-2H3. The molecule has 0 aliphatic heterocycles. The second-order valence-corrected chi connectivity index (χ2v) is 16.6. The van der Waals surface area contributed by atoms with Crippen molar-refractivity contribution < 1.29 is 41.0 Å². The lowest BCUT2D eigenvalue weighted by atomic mass is 10.1. The summed E-state index contributed by atoms with van der Waals surface area (Å²) in [5.41, 5.74) is 1.66. The van der Waals surface area contributed by atoms with Crippen molar-refractivity contribution in [3.8, 4) is 0 Å². The topological polar surface area (TPSA) is 159 Å². The average molecular weight is 806 g/mol. The minimum atomic E-state index is -4.19. The van der Waals surface area contributed by atoms with Crippen LogP contribution in [0.25, 0.3) is 21.5 Å². The third-order valence-electron chi connectivity index (χ3n) is 8.44. The lowest BCUT2D eigenvalue weighted by molar-refractivity contribution is -0.138. The molecule has 0 bridgehead atoms. The summed E-state index contributed by atoms with van der Waals surface area (Å²) in [6.07, 6.45) is 0.607. The number of hydrogen-bond acceptors (Lipinski definition) is 9. The number of benzene rings is 4. The molecule has 4 rings (SSSR count). The van der Waals surface area contributed by atoms with E-state index in [1.165, 1.54) is 19.1 Å². The van der Waals surface area contributed by atoms with Crippen LogP contribution in [0.5, 0.6) is 0 Å². The molecule has 0 aliphatic rings. The maximum atomic E-state index is 13.8. The number of halogens is 1. The fourth-order valence-corrected chi connectivity index (χ4v) is 9.32. The summed E-state index contributed by atoms with van der Waals surface area (Å²) in [4.78, 5) is 29.2. The van der Waals surface area contributed by atoms with Gasteiger partial charge in [0.2, 0.25) is 20.0 Å². The molecule has 0 atom stereocenters. The Hall–Kier alpha value is -4.35. The van der Waals surface area contributed by atoms with Crippen LogP contribution >= 0.6 is 0 Å². The predicted octanol–water partition coefficient (Wildman–Crippen LogP) is 5.69. The van der Waals surface area contributed by atoms with Gasteiger partial charge in [0.05, 0.1) is 16.5 Å². The maximum absolute atomic E-state index is 13.8. The summed E-state index contributed by atoms with van der Waals surface area (Å²) in [5.74, 6) is -2.56. The number of rotatable bonds is 18. The van der Waals surface area contributed by atoms with Crippen LogP contribution in [0.4, 0.5) is 15.8 Å². The van der Waals surface area contributed by atoms with Crippen LogP contribution in [-0.2, 0) is 29.6 Å². The number of anilines is 2. The zero-order valence-electron chi connectivity index (χ0n) is 33.1. The minimum Gasteiger partial charge on any atom is -0.480 e. The molecule has 0 saturated heterocycles. The molecule has 0 radical (unpaired) electrons. The van der Waals surface area contributed by atoms with E-state index < -0.39 is 45.1 Å². The molecular weight excluding hydrogens is 750 g/mol. The normalized spacial score (nSPS) is 11.6. The number of nitrogens with zero attached hydrogens (tertiary/aromatic N) is 5. The number of hydrogen-bond donors (Lipinski definition) is 2. The Morgan fingerprint density at radius 3 is 1.18 bits per heavy atom. The van der Waals surface area contributed by atoms with Gasteiger partial charge < -0.3 is 24.9 Å². The third kappa shape index (κ3) is 12.3. The first-order chi connectivity index (χ1) is 26.0. The first-order valence-corrected chi connectivity index (χ1v) is 20.9. The molecule has 0 spiro atoms. The van der Waals surface area contributed by atoms with E-state index in [0.717, 1.165) is 30.8 Å². The minimum absolute atomic E-state index is 0.0252. The highest BCUT2D eigenvalue weighted by atomic mass is 32.2. The molecule has 55 heavy (non-hydrogen) atoms. The van der Waals surface area contributed by atoms with Crippen LogP contribution in [0.3, 0.4) is 0 Å². The van der Waals surface area contributed by atoms with Crippen LogP contribution in [0.2, 0.25) is 0 Å². The monoisotopic (exact) mass is 805 g/mol. The quantitative estimate of drug-likeness (QED) is 0.127. The molecule has 0 aromatic heterocycles. The third-order valence-corrected chi connectivity index (χ3v) is 12.2. The molecule has 4 aromatic rings. The number of sulfonamides is 2. The summed E-state index contributed by atoms with van der Waals surface area (Å²) >= 11 is 0. The smallest absolute Gasteiger partial charge is 0.318 e. The number of carboxylic acid groups (broad SMARTS) is 2. The van der Waals surface area contributed by atoms with E-state index in [0.29, 0.717) is 36.7 Å². The van der Waals surface area contributed by atoms with Gasteiger partial charge >= 0.3 is 11.9 Å². The van der Waals surface area contributed by atoms with E-state index in [9.17, 15) is 41.0 Å². The van der Waals surface area contributed by atoms with Gasteiger partial charge in [-0.1, -0.05) is 62.4 Å². The van der Waals surface area contributed by atoms with E-state index >= 15 is 0 Å². The van der Waals surface area contributed by atoms with E-state index in [4.69, 9.17) is 0 Å². The lowest BCUT2D eigenvalue weighted by Gasteiger charge is -2.25. The molecule has 0 unspecified atom stereocenters. The van der Waals surface area contributed by atoms with Gasteiger partial charge in [-0.3, -0.25) is 14.0 Å². The zero-order chi connectivity index (χ0) is 41.5. The van der Waals surface area contributed by atoms with Gasteiger partial charge in [0.1, 0.15) is 13.1 Å². The van der Waals surface area contributed by atoms with Gasteiger partial charge in [-0.25, -0.2) is 16.8 Å². The van der Waals surface area contributed by atoms with Crippen molar-refractivity contribution in [2.24, 2.45) is 0 Å². The van der Waals surface area contributed by atoms with Crippen molar-refractivity contribution in [1.82, 2.24) is 13.5 Å². The second-order valence-electron chi connectivity index (χ2n) is 12.8. The summed E-state index contributed by atoms with van der Waals surface area (Å²) in [6.45, 7) is 4.45. The first-order valence-electron chi connectivity index (χ1n) is 18.0. The number of alkyl halides is 1. The molecule has 0 fully saturated rings. The Kier molecular flexibility index (Phi) is 18.4. The number of aliphatic carboxylic acids is 2. The van der Waals surface area contributed by atoms with Gasteiger partial charge in [0, 0.05) is 74.2 Å². The van der Waals surface area contributed by atoms with Crippen molar-refractivity contribution in [3.63, 3.8) is 0 Å². The van der Waals surface area contributed by atoms with Gasteiger partial charge in [0.25, 0.3) is 0 Å². The van der Waals surface area contributed by atoms with Crippen LogP contribution in [0.15, 0.2) is 82.6 Å². The molecular formula is C39H56FN5O8S2. The highest BCUT2D eigenvalue weighted by Gasteiger charge is 2.30. The summed E-state index contributed by atoms with van der Waals surface area (Å²) in [5, 5.41) is 21.6. The Bertz CT molecular complexity index is 1950. The van der Waals surface area contributed by atoms with Gasteiger partial charge in [-0.05, 0) is 64.2 Å². The summed E-state index contributed by atoms with van der Waals surface area (Å²) in [6, 6.07) is 20.6. The Morgan fingerprint density at radius 2 is 0.873 bits per heavy atom. The molecule has 0 heterocycles. The Morgan fingerprint density at radius 1 is 0.564 bits per heavy atom. The fraction of sp³-hybridized carbons (Fsp3) is 0.436. The summed E-state index contributed by atoms with van der Waals surface area (Å²) < 4.78 is 67.6. The van der Waals surface area contributed by atoms with Gasteiger partial charge in [-0.15, -0.1) is 0 Å². The molecule has 304 valence electrons. The predicted molar refractivity (Wildman–Crippen MR) is 219 cm³/mol. The van der Waals surface area contributed by atoms with E-state index in [1.54, 1.807) is 43.4 Å². The highest BCUT2D eigenvalue weighted by Crippen LogP contribution is 2.33. The zero-order valence-corrected chi connectivity index (χ0v) is 34.7. The average Bonchev–Trinajstić information content (AvgIpc) is 3.13.